The second-order valence-electron chi connectivity index (χ2n) is 7.61. The van der Waals surface area contributed by atoms with Crippen LogP contribution in [0.3, 0.4) is 0 Å². The molecule has 1 amide bonds. The maximum absolute atomic E-state index is 13.3. The van der Waals surface area contributed by atoms with Gasteiger partial charge >= 0.3 is 5.97 Å². The fourth-order valence-electron chi connectivity index (χ4n) is 3.52. The van der Waals surface area contributed by atoms with Crippen LogP contribution in [-0.2, 0) is 9.53 Å². The van der Waals surface area contributed by atoms with Crippen molar-refractivity contribution < 1.29 is 32.7 Å². The number of nitrogens with zero attached hydrogens (tertiary/aromatic N) is 2. The van der Waals surface area contributed by atoms with Gasteiger partial charge in [0.2, 0.25) is 6.79 Å². The average Bonchev–Trinajstić information content (AvgIpc) is 3.45. The number of hydrogen-bond acceptors (Lipinski definition) is 8. The summed E-state index contributed by atoms with van der Waals surface area (Å²) >= 11 is 0. The number of halogens is 1. The molecule has 5 rings (SSSR count). The number of nitrogens with one attached hydrogen (secondary N) is 1. The Morgan fingerprint density at radius 3 is 2.65 bits per heavy atom. The smallest absolute Gasteiger partial charge is 0.339 e. The monoisotopic (exact) mass is 463 g/mol. The third kappa shape index (κ3) is 4.01. The van der Waals surface area contributed by atoms with Gasteiger partial charge < -0.3 is 24.1 Å². The van der Waals surface area contributed by atoms with Gasteiger partial charge in [0.25, 0.3) is 11.6 Å². The summed E-state index contributed by atoms with van der Waals surface area (Å²) < 4.78 is 34.6. The molecule has 172 valence electrons. The van der Waals surface area contributed by atoms with Gasteiger partial charge in [-0.25, -0.2) is 14.2 Å². The Bertz CT molecular complexity index is 1420. The second-order valence-corrected chi connectivity index (χ2v) is 7.61. The molecule has 0 aliphatic carbocycles. The number of carbonyl (C=O) groups is 2. The van der Waals surface area contributed by atoms with E-state index in [9.17, 15) is 14.0 Å². The molecule has 1 N–H and O–H groups in total. The molecule has 0 bridgehead atoms. The van der Waals surface area contributed by atoms with Gasteiger partial charge in [0.05, 0.1) is 22.3 Å². The lowest BCUT2D eigenvalue weighted by Gasteiger charge is -2.14. The summed E-state index contributed by atoms with van der Waals surface area (Å²) in [5, 5.41) is 6.94. The highest BCUT2D eigenvalue weighted by molar-refractivity contribution is 6.05. The third-order valence-electron chi connectivity index (χ3n) is 5.27. The van der Waals surface area contributed by atoms with Gasteiger partial charge in [0.15, 0.2) is 17.6 Å². The molecule has 10 heteroatoms. The largest absolute Gasteiger partial charge is 0.454 e. The van der Waals surface area contributed by atoms with E-state index >= 15 is 0 Å². The molecule has 2 aromatic carbocycles. The van der Waals surface area contributed by atoms with Crippen molar-refractivity contribution in [2.24, 2.45) is 0 Å². The lowest BCUT2D eigenvalue weighted by molar-refractivity contribution is -0.123. The van der Waals surface area contributed by atoms with Crippen LogP contribution < -0.4 is 14.8 Å². The van der Waals surface area contributed by atoms with Crippen molar-refractivity contribution in [2.75, 3.05) is 12.1 Å². The van der Waals surface area contributed by atoms with Crippen LogP contribution in [0.1, 0.15) is 23.0 Å². The normalized spacial score (nSPS) is 13.0. The molecular formula is C24H18FN3O6. The van der Waals surface area contributed by atoms with Crippen LogP contribution in [0.4, 0.5) is 10.1 Å². The highest BCUT2D eigenvalue weighted by Crippen LogP contribution is 2.34. The first-order chi connectivity index (χ1) is 16.4. The summed E-state index contributed by atoms with van der Waals surface area (Å²) in [5.74, 6) is -0.589. The van der Waals surface area contributed by atoms with Crippen molar-refractivity contribution >= 4 is 28.7 Å². The van der Waals surface area contributed by atoms with E-state index in [0.29, 0.717) is 39.5 Å². The quantitative estimate of drug-likeness (QED) is 0.437. The van der Waals surface area contributed by atoms with Crippen molar-refractivity contribution in [1.82, 2.24) is 10.1 Å². The molecule has 1 aliphatic rings. The van der Waals surface area contributed by atoms with Gasteiger partial charge in [-0.1, -0.05) is 5.16 Å². The SMILES string of the molecule is Cc1noc2nc(-c3ccc(F)cc3)cc(C(=O)OC(C)C(=O)Nc3ccc4c(c3)OCO4)c12. The first-order valence-electron chi connectivity index (χ1n) is 10.3. The molecule has 9 nitrogen and oxygen atoms in total. The van der Waals surface area contributed by atoms with Crippen LogP contribution in [0.5, 0.6) is 11.5 Å². The van der Waals surface area contributed by atoms with Gasteiger partial charge in [-0.05, 0) is 56.3 Å². The molecule has 0 spiro atoms. The molecule has 34 heavy (non-hydrogen) atoms. The van der Waals surface area contributed by atoms with Gasteiger partial charge in [-0.15, -0.1) is 0 Å². The van der Waals surface area contributed by atoms with E-state index in [0.717, 1.165) is 0 Å². The molecule has 0 radical (unpaired) electrons. The number of pyridine rings is 1. The van der Waals surface area contributed by atoms with Crippen molar-refractivity contribution in [3.63, 3.8) is 0 Å². The van der Waals surface area contributed by atoms with Gasteiger partial charge in [0, 0.05) is 17.3 Å². The number of carbonyl (C=O) groups excluding carboxylic acids is 2. The number of aromatic nitrogens is 2. The average molecular weight is 463 g/mol. The highest BCUT2D eigenvalue weighted by atomic mass is 19.1. The Kier molecular flexibility index (Phi) is 5.33. The summed E-state index contributed by atoms with van der Waals surface area (Å²) in [6, 6.07) is 12.1. The third-order valence-corrected chi connectivity index (χ3v) is 5.27. The first kappa shape index (κ1) is 21.4. The predicted octanol–water partition coefficient (Wildman–Crippen LogP) is 4.25. The minimum Gasteiger partial charge on any atom is -0.454 e. The lowest BCUT2D eigenvalue weighted by atomic mass is 10.1. The van der Waals surface area contributed by atoms with Gasteiger partial charge in [-0.3, -0.25) is 4.79 Å². The fraction of sp³-hybridized carbons (Fsp3) is 0.167. The maximum atomic E-state index is 13.3. The number of hydrogen-bond donors (Lipinski definition) is 1. The summed E-state index contributed by atoms with van der Waals surface area (Å²) in [5.41, 5.74) is 2.11. The molecule has 2 aromatic heterocycles. The zero-order valence-corrected chi connectivity index (χ0v) is 18.1. The summed E-state index contributed by atoms with van der Waals surface area (Å²) in [6.07, 6.45) is -1.12. The fourth-order valence-corrected chi connectivity index (χ4v) is 3.52. The predicted molar refractivity (Wildman–Crippen MR) is 118 cm³/mol. The Balaban J connectivity index is 1.38. The summed E-state index contributed by atoms with van der Waals surface area (Å²) in [6.45, 7) is 3.24. The number of benzene rings is 2. The number of rotatable bonds is 5. The zero-order chi connectivity index (χ0) is 23.8. The van der Waals surface area contributed by atoms with Crippen LogP contribution in [0.2, 0.25) is 0 Å². The van der Waals surface area contributed by atoms with E-state index in [1.807, 2.05) is 0 Å². The molecule has 1 aliphatic heterocycles. The number of aryl methyl sites for hydroxylation is 1. The summed E-state index contributed by atoms with van der Waals surface area (Å²) in [4.78, 5) is 30.1. The van der Waals surface area contributed by atoms with Crippen molar-refractivity contribution in [1.29, 1.82) is 0 Å². The summed E-state index contributed by atoms with van der Waals surface area (Å²) in [7, 11) is 0. The van der Waals surface area contributed by atoms with E-state index in [-0.39, 0.29) is 18.1 Å². The van der Waals surface area contributed by atoms with Crippen LogP contribution in [-0.4, -0.2) is 34.9 Å². The molecule has 4 aromatic rings. The number of ether oxygens (including phenoxy) is 3. The van der Waals surface area contributed by atoms with E-state index in [1.165, 1.54) is 37.3 Å². The first-order valence-corrected chi connectivity index (χ1v) is 10.3. The molecule has 0 fully saturated rings. The number of esters is 1. The van der Waals surface area contributed by atoms with Crippen LogP contribution >= 0.6 is 0 Å². The molecule has 3 heterocycles. The van der Waals surface area contributed by atoms with Crippen LogP contribution in [0.25, 0.3) is 22.4 Å². The minimum atomic E-state index is -1.12. The number of amides is 1. The Labute approximate surface area is 192 Å². The van der Waals surface area contributed by atoms with Gasteiger partial charge in [0.1, 0.15) is 5.82 Å². The Morgan fingerprint density at radius 2 is 1.85 bits per heavy atom. The highest BCUT2D eigenvalue weighted by Gasteiger charge is 2.25. The van der Waals surface area contributed by atoms with Gasteiger partial charge in [-0.2, -0.15) is 0 Å². The topological polar surface area (TPSA) is 113 Å². The molecule has 1 unspecified atom stereocenters. The van der Waals surface area contributed by atoms with Crippen LogP contribution in [0, 0.1) is 12.7 Å². The van der Waals surface area contributed by atoms with E-state index in [4.69, 9.17) is 18.7 Å². The Hall–Kier alpha value is -4.47. The van der Waals surface area contributed by atoms with E-state index in [1.54, 1.807) is 25.1 Å². The molecule has 0 saturated heterocycles. The van der Waals surface area contributed by atoms with E-state index in [2.05, 4.69) is 15.5 Å². The molecule has 0 saturated carbocycles. The van der Waals surface area contributed by atoms with Crippen molar-refractivity contribution in [3.8, 4) is 22.8 Å². The van der Waals surface area contributed by atoms with E-state index < -0.39 is 23.8 Å². The molecular weight excluding hydrogens is 445 g/mol. The minimum absolute atomic E-state index is 0.114. The lowest BCUT2D eigenvalue weighted by Crippen LogP contribution is -2.30. The zero-order valence-electron chi connectivity index (χ0n) is 18.1. The maximum Gasteiger partial charge on any atom is 0.339 e. The van der Waals surface area contributed by atoms with Crippen molar-refractivity contribution in [3.05, 3.63) is 65.6 Å². The molecule has 1 atom stereocenters. The Morgan fingerprint density at radius 1 is 1.09 bits per heavy atom. The van der Waals surface area contributed by atoms with Crippen molar-refractivity contribution in [2.45, 2.75) is 20.0 Å². The standard InChI is InChI=1S/C24H18FN3O6/c1-12-21-17(10-18(27-23(21)34-28-12)14-3-5-15(25)6-4-14)24(30)33-13(2)22(29)26-16-7-8-19-20(9-16)32-11-31-19/h3-10,13H,11H2,1-2H3,(H,26,29). The number of fused-ring (bicyclic) bond motifs is 2. The van der Waals surface area contributed by atoms with Crippen LogP contribution in [0.15, 0.2) is 53.1 Å². The second kappa shape index (κ2) is 8.47. The number of anilines is 1.